The molecule has 2 aromatic rings. The third-order valence-corrected chi connectivity index (χ3v) is 4.11. The summed E-state index contributed by atoms with van der Waals surface area (Å²) >= 11 is 0. The largest absolute Gasteiger partial charge is 0.478 e. The molecule has 0 aromatic heterocycles. The van der Waals surface area contributed by atoms with Crippen molar-refractivity contribution in [2.45, 2.75) is 6.92 Å². The van der Waals surface area contributed by atoms with Crippen LogP contribution >= 0.6 is 0 Å². The van der Waals surface area contributed by atoms with Gasteiger partial charge in [-0.2, -0.15) is 0 Å². The van der Waals surface area contributed by atoms with Gasteiger partial charge in [0.15, 0.2) is 0 Å². The highest BCUT2D eigenvalue weighted by Crippen LogP contribution is 2.29. The highest BCUT2D eigenvalue weighted by Gasteiger charge is 2.37. The lowest BCUT2D eigenvalue weighted by Gasteiger charge is -2.14. The summed E-state index contributed by atoms with van der Waals surface area (Å²) in [5, 5.41) is 9.15. The van der Waals surface area contributed by atoms with E-state index in [4.69, 9.17) is 5.11 Å². The zero-order chi connectivity index (χ0) is 19.4. The number of benzene rings is 2. The average molecular weight is 359 g/mol. The quantitative estimate of drug-likeness (QED) is 0.654. The predicted octanol–water partition coefficient (Wildman–Crippen LogP) is 3.60. The van der Waals surface area contributed by atoms with Crippen LogP contribution in [0.25, 0.3) is 6.08 Å². The summed E-state index contributed by atoms with van der Waals surface area (Å²) in [6.07, 6.45) is 4.52. The monoisotopic (exact) mass is 359 g/mol. The maximum absolute atomic E-state index is 12.9. The second kappa shape index (κ2) is 7.66. The van der Waals surface area contributed by atoms with E-state index in [1.54, 1.807) is 42.5 Å². The molecule has 0 saturated heterocycles. The fourth-order valence-corrected chi connectivity index (χ4v) is 2.70. The van der Waals surface area contributed by atoms with Crippen LogP contribution in [0, 0.1) is 0 Å². The second-order valence-electron chi connectivity index (χ2n) is 5.99. The number of anilines is 1. The minimum atomic E-state index is -1.15. The van der Waals surface area contributed by atoms with Crippen LogP contribution in [0.3, 0.4) is 0 Å². The number of carboxylic acid groups (broad SMARTS) is 1. The highest BCUT2D eigenvalue weighted by atomic mass is 16.4. The molecule has 0 fully saturated rings. The van der Waals surface area contributed by atoms with Gasteiger partial charge in [-0.15, -0.1) is 0 Å². The number of carbonyl (C=O) groups excluding carboxylic acids is 2. The summed E-state index contributed by atoms with van der Waals surface area (Å²) in [5.41, 5.74) is 1.51. The number of imide groups is 1. The van der Waals surface area contributed by atoms with Crippen molar-refractivity contribution in [3.8, 4) is 0 Å². The van der Waals surface area contributed by atoms with Gasteiger partial charge < -0.3 is 5.11 Å². The molecule has 27 heavy (non-hydrogen) atoms. The number of hydrogen-bond acceptors (Lipinski definition) is 3. The molecule has 0 unspecified atom stereocenters. The van der Waals surface area contributed by atoms with Crippen LogP contribution in [-0.2, 0) is 14.4 Å². The summed E-state index contributed by atoms with van der Waals surface area (Å²) in [6.45, 7) is 1.39. The van der Waals surface area contributed by atoms with E-state index in [1.165, 1.54) is 13.0 Å². The normalized spacial score (nSPS) is 15.1. The number of carboxylic acids is 1. The van der Waals surface area contributed by atoms with Crippen LogP contribution in [0.2, 0.25) is 0 Å². The number of aliphatic carboxylic acids is 1. The van der Waals surface area contributed by atoms with E-state index in [0.29, 0.717) is 5.69 Å². The van der Waals surface area contributed by atoms with Gasteiger partial charge in [-0.05, 0) is 36.8 Å². The van der Waals surface area contributed by atoms with Crippen LogP contribution in [0.1, 0.15) is 12.5 Å². The minimum absolute atomic E-state index is 0.0216. The number of amides is 2. The van der Waals surface area contributed by atoms with Gasteiger partial charge in [0.25, 0.3) is 11.8 Å². The number of carbonyl (C=O) groups is 3. The molecule has 2 aromatic carbocycles. The molecule has 134 valence electrons. The van der Waals surface area contributed by atoms with Crippen molar-refractivity contribution in [2.24, 2.45) is 0 Å². The molecule has 0 atom stereocenters. The molecule has 1 aliphatic heterocycles. The fourth-order valence-electron chi connectivity index (χ4n) is 2.70. The van der Waals surface area contributed by atoms with Gasteiger partial charge in [0, 0.05) is 5.57 Å². The maximum atomic E-state index is 12.9. The van der Waals surface area contributed by atoms with E-state index in [2.05, 4.69) is 0 Å². The van der Waals surface area contributed by atoms with Crippen molar-refractivity contribution in [1.29, 1.82) is 0 Å². The Labute approximate surface area is 156 Å². The lowest BCUT2D eigenvalue weighted by Crippen LogP contribution is -2.31. The third kappa shape index (κ3) is 3.77. The molecular weight excluding hydrogens is 342 g/mol. The van der Waals surface area contributed by atoms with Gasteiger partial charge in [-0.3, -0.25) is 9.59 Å². The van der Waals surface area contributed by atoms with Crippen molar-refractivity contribution in [3.05, 3.63) is 95.1 Å². The maximum Gasteiger partial charge on any atom is 0.331 e. The Morgan fingerprint density at radius 1 is 0.852 bits per heavy atom. The molecule has 0 saturated carbocycles. The topological polar surface area (TPSA) is 74.7 Å². The number of nitrogens with zero attached hydrogens (tertiary/aromatic N) is 1. The van der Waals surface area contributed by atoms with Gasteiger partial charge in [0.1, 0.15) is 0 Å². The predicted molar refractivity (Wildman–Crippen MR) is 103 cm³/mol. The van der Waals surface area contributed by atoms with Gasteiger partial charge in [-0.1, -0.05) is 54.6 Å². The summed E-state index contributed by atoms with van der Waals surface area (Å²) in [6, 6.07) is 17.9. The lowest BCUT2D eigenvalue weighted by atomic mass is 10.1. The van der Waals surface area contributed by atoms with Crippen LogP contribution in [0.4, 0.5) is 5.69 Å². The van der Waals surface area contributed by atoms with E-state index >= 15 is 0 Å². The lowest BCUT2D eigenvalue weighted by molar-refractivity contribution is -0.132. The first-order chi connectivity index (χ1) is 13.0. The van der Waals surface area contributed by atoms with Gasteiger partial charge in [0.05, 0.1) is 16.8 Å². The zero-order valence-corrected chi connectivity index (χ0v) is 14.6. The average Bonchev–Trinajstić information content (AvgIpc) is 2.91. The summed E-state index contributed by atoms with van der Waals surface area (Å²) in [7, 11) is 0. The Hall–Kier alpha value is -3.73. The molecule has 0 spiro atoms. The van der Waals surface area contributed by atoms with Crippen LogP contribution < -0.4 is 4.90 Å². The van der Waals surface area contributed by atoms with Crippen LogP contribution in [0.5, 0.6) is 0 Å². The molecule has 1 aliphatic rings. The molecule has 2 amide bonds. The standard InChI is InChI=1S/C22H17NO4/c1-15(22(26)27)14-19-18(13-12-16-8-4-2-5-9-16)20(24)23(21(19)25)17-10-6-3-7-11-17/h2-14H,1H3,(H,26,27). The SMILES string of the molecule is CC(=CC1=C(C=Cc2ccccc2)C(=O)N(c2ccccc2)C1=O)C(=O)O. The summed E-state index contributed by atoms with van der Waals surface area (Å²) in [4.78, 5) is 38.0. The molecule has 0 radical (unpaired) electrons. The summed E-state index contributed by atoms with van der Waals surface area (Å²) < 4.78 is 0. The van der Waals surface area contributed by atoms with Crippen molar-refractivity contribution < 1.29 is 19.5 Å². The number of rotatable bonds is 5. The molecule has 5 heteroatoms. The highest BCUT2D eigenvalue weighted by molar-refractivity contribution is 6.35. The van der Waals surface area contributed by atoms with Gasteiger partial charge >= 0.3 is 5.97 Å². The fraction of sp³-hybridized carbons (Fsp3) is 0.0455. The van der Waals surface area contributed by atoms with Crippen molar-refractivity contribution in [2.75, 3.05) is 4.90 Å². The third-order valence-electron chi connectivity index (χ3n) is 4.11. The molecule has 3 rings (SSSR count). The molecule has 0 bridgehead atoms. The van der Waals surface area contributed by atoms with E-state index in [1.807, 2.05) is 30.3 Å². The summed E-state index contributed by atoms with van der Waals surface area (Å²) in [5.74, 6) is -2.17. The first-order valence-electron chi connectivity index (χ1n) is 8.32. The Kier molecular flexibility index (Phi) is 5.13. The Morgan fingerprint density at radius 2 is 1.41 bits per heavy atom. The molecule has 0 aliphatic carbocycles. The van der Waals surface area contributed by atoms with Crippen molar-refractivity contribution in [1.82, 2.24) is 0 Å². The Morgan fingerprint density at radius 3 is 2.00 bits per heavy atom. The molecular formula is C22H17NO4. The van der Waals surface area contributed by atoms with Crippen LogP contribution in [-0.4, -0.2) is 22.9 Å². The second-order valence-corrected chi connectivity index (χ2v) is 5.99. The first-order valence-corrected chi connectivity index (χ1v) is 8.32. The Bertz CT molecular complexity index is 985. The Balaban J connectivity index is 2.07. The van der Waals surface area contributed by atoms with E-state index in [9.17, 15) is 14.4 Å². The van der Waals surface area contributed by atoms with E-state index in [0.717, 1.165) is 10.5 Å². The minimum Gasteiger partial charge on any atom is -0.478 e. The van der Waals surface area contributed by atoms with E-state index in [-0.39, 0.29) is 16.7 Å². The molecule has 1 heterocycles. The van der Waals surface area contributed by atoms with Crippen molar-refractivity contribution in [3.63, 3.8) is 0 Å². The molecule has 5 nitrogen and oxygen atoms in total. The smallest absolute Gasteiger partial charge is 0.331 e. The van der Waals surface area contributed by atoms with Gasteiger partial charge in [-0.25, -0.2) is 9.69 Å². The number of para-hydroxylation sites is 1. The van der Waals surface area contributed by atoms with Crippen molar-refractivity contribution >= 4 is 29.5 Å². The zero-order valence-electron chi connectivity index (χ0n) is 14.6. The van der Waals surface area contributed by atoms with Crippen LogP contribution in [0.15, 0.2) is 89.5 Å². The molecule has 1 N–H and O–H groups in total. The first kappa shape index (κ1) is 18.1. The van der Waals surface area contributed by atoms with E-state index < -0.39 is 17.8 Å². The number of hydrogen-bond donors (Lipinski definition) is 1. The van der Waals surface area contributed by atoms with Gasteiger partial charge in [0.2, 0.25) is 0 Å².